The van der Waals surface area contributed by atoms with Gasteiger partial charge in [-0.2, -0.15) is 18.3 Å². The summed E-state index contributed by atoms with van der Waals surface area (Å²) in [6.07, 6.45) is -0.796. The van der Waals surface area contributed by atoms with E-state index in [0.29, 0.717) is 0 Å². The first-order chi connectivity index (χ1) is 9.46. The molecule has 2 N–H and O–H groups in total. The van der Waals surface area contributed by atoms with E-state index in [0.717, 1.165) is 31.6 Å². The first-order valence-electron chi connectivity index (χ1n) is 6.51. The fourth-order valence-corrected chi connectivity index (χ4v) is 2.32. The van der Waals surface area contributed by atoms with Gasteiger partial charge in [0.2, 0.25) is 5.91 Å². The van der Waals surface area contributed by atoms with Gasteiger partial charge in [0, 0.05) is 24.4 Å². The summed E-state index contributed by atoms with van der Waals surface area (Å²) in [5.74, 6) is -0.433. The van der Waals surface area contributed by atoms with Gasteiger partial charge in [-0.15, -0.1) is 0 Å². The van der Waals surface area contributed by atoms with E-state index in [1.54, 1.807) is 6.20 Å². The number of aromatic nitrogens is 2. The standard InChI is InChI=1S/C12H17F3N4O/c13-12(14,15)8-17-11(20)7-19-10(3-5-18-19)9-2-1-4-16-6-9/h3,5,9,16H,1-2,4,6-8H2,(H,17,20)/t9-/m1/s1. The number of alkyl halides is 3. The molecule has 0 radical (unpaired) electrons. The normalized spacial score (nSPS) is 19.9. The Hall–Kier alpha value is -1.57. The zero-order valence-electron chi connectivity index (χ0n) is 10.9. The summed E-state index contributed by atoms with van der Waals surface area (Å²) in [5.41, 5.74) is 0.888. The first-order valence-corrected chi connectivity index (χ1v) is 6.51. The lowest BCUT2D eigenvalue weighted by Crippen LogP contribution is -2.37. The highest BCUT2D eigenvalue weighted by Crippen LogP contribution is 2.22. The molecule has 0 saturated carbocycles. The van der Waals surface area contributed by atoms with Gasteiger partial charge in [-0.1, -0.05) is 0 Å². The fourth-order valence-electron chi connectivity index (χ4n) is 2.32. The summed E-state index contributed by atoms with van der Waals surface area (Å²) < 4.78 is 37.5. The molecule has 0 aliphatic carbocycles. The van der Waals surface area contributed by atoms with E-state index in [1.807, 2.05) is 11.4 Å². The Morgan fingerprint density at radius 3 is 3.00 bits per heavy atom. The molecule has 2 heterocycles. The van der Waals surface area contributed by atoms with Gasteiger partial charge in [0.1, 0.15) is 13.1 Å². The van der Waals surface area contributed by atoms with E-state index in [4.69, 9.17) is 0 Å². The zero-order valence-corrected chi connectivity index (χ0v) is 10.9. The van der Waals surface area contributed by atoms with Crippen LogP contribution in [0.1, 0.15) is 24.5 Å². The molecule has 0 unspecified atom stereocenters. The quantitative estimate of drug-likeness (QED) is 0.870. The lowest BCUT2D eigenvalue weighted by molar-refractivity contribution is -0.138. The summed E-state index contributed by atoms with van der Waals surface area (Å²) in [7, 11) is 0. The lowest BCUT2D eigenvalue weighted by Gasteiger charge is -2.23. The Kier molecular flexibility index (Phi) is 4.64. The second-order valence-corrected chi connectivity index (χ2v) is 4.85. The summed E-state index contributed by atoms with van der Waals surface area (Å²) in [6.45, 7) is 0.273. The van der Waals surface area contributed by atoms with Crippen molar-refractivity contribution in [2.45, 2.75) is 31.5 Å². The van der Waals surface area contributed by atoms with Gasteiger partial charge in [0.25, 0.3) is 0 Å². The summed E-state index contributed by atoms with van der Waals surface area (Å²) in [5, 5.41) is 9.13. The highest BCUT2D eigenvalue weighted by Gasteiger charge is 2.28. The monoisotopic (exact) mass is 290 g/mol. The van der Waals surface area contributed by atoms with Crippen molar-refractivity contribution >= 4 is 5.91 Å². The Morgan fingerprint density at radius 1 is 1.55 bits per heavy atom. The third-order valence-corrected chi connectivity index (χ3v) is 3.24. The van der Waals surface area contributed by atoms with Crippen molar-refractivity contribution < 1.29 is 18.0 Å². The van der Waals surface area contributed by atoms with Gasteiger partial charge in [0.05, 0.1) is 0 Å². The Morgan fingerprint density at radius 2 is 2.35 bits per heavy atom. The molecule has 1 aliphatic heterocycles. The number of piperidine rings is 1. The predicted octanol–water partition coefficient (Wildman–Crippen LogP) is 1.03. The molecule has 1 aromatic rings. The average molecular weight is 290 g/mol. The number of halogens is 3. The summed E-state index contributed by atoms with van der Waals surface area (Å²) in [6, 6.07) is 1.81. The van der Waals surface area contributed by atoms with Gasteiger partial charge in [-0.25, -0.2) is 0 Å². The minimum absolute atomic E-state index is 0.186. The van der Waals surface area contributed by atoms with Crippen molar-refractivity contribution in [3.05, 3.63) is 18.0 Å². The van der Waals surface area contributed by atoms with Gasteiger partial charge in [-0.3, -0.25) is 9.48 Å². The Bertz CT molecular complexity index is 452. The third-order valence-electron chi connectivity index (χ3n) is 3.24. The number of hydrogen-bond acceptors (Lipinski definition) is 3. The van der Waals surface area contributed by atoms with E-state index in [-0.39, 0.29) is 12.5 Å². The van der Waals surface area contributed by atoms with Gasteiger partial charge in [-0.05, 0) is 25.5 Å². The summed E-state index contributed by atoms with van der Waals surface area (Å²) >= 11 is 0. The minimum Gasteiger partial charge on any atom is -0.345 e. The van der Waals surface area contributed by atoms with Crippen molar-refractivity contribution in [2.75, 3.05) is 19.6 Å². The van der Waals surface area contributed by atoms with Crippen LogP contribution in [0.5, 0.6) is 0 Å². The van der Waals surface area contributed by atoms with Crippen LogP contribution >= 0.6 is 0 Å². The van der Waals surface area contributed by atoms with Crippen LogP contribution in [-0.4, -0.2) is 41.5 Å². The number of amides is 1. The van der Waals surface area contributed by atoms with Crippen LogP contribution in [0.2, 0.25) is 0 Å². The highest BCUT2D eigenvalue weighted by molar-refractivity contribution is 5.75. The molecule has 1 atom stereocenters. The Labute approximate surface area is 114 Å². The number of nitrogens with zero attached hydrogens (tertiary/aromatic N) is 2. The van der Waals surface area contributed by atoms with Crippen LogP contribution in [-0.2, 0) is 11.3 Å². The number of nitrogens with one attached hydrogen (secondary N) is 2. The van der Waals surface area contributed by atoms with Crippen LogP contribution in [0.3, 0.4) is 0 Å². The van der Waals surface area contributed by atoms with Gasteiger partial charge in [0.15, 0.2) is 0 Å². The molecule has 1 aliphatic rings. The first kappa shape index (κ1) is 14.8. The van der Waals surface area contributed by atoms with E-state index >= 15 is 0 Å². The van der Waals surface area contributed by atoms with E-state index in [9.17, 15) is 18.0 Å². The number of rotatable bonds is 4. The van der Waals surface area contributed by atoms with Crippen LogP contribution in [0.15, 0.2) is 12.3 Å². The number of hydrogen-bond donors (Lipinski definition) is 2. The maximum Gasteiger partial charge on any atom is 0.405 e. The largest absolute Gasteiger partial charge is 0.405 e. The molecule has 1 aromatic heterocycles. The fraction of sp³-hybridized carbons (Fsp3) is 0.667. The van der Waals surface area contributed by atoms with Crippen LogP contribution in [0.4, 0.5) is 13.2 Å². The van der Waals surface area contributed by atoms with Crippen molar-refractivity contribution in [1.29, 1.82) is 0 Å². The second-order valence-electron chi connectivity index (χ2n) is 4.85. The van der Waals surface area contributed by atoms with Crippen LogP contribution in [0.25, 0.3) is 0 Å². The number of carbonyl (C=O) groups excluding carboxylic acids is 1. The van der Waals surface area contributed by atoms with Crippen molar-refractivity contribution in [1.82, 2.24) is 20.4 Å². The summed E-state index contributed by atoms with van der Waals surface area (Å²) in [4.78, 5) is 11.5. The molecule has 1 saturated heterocycles. The van der Waals surface area contributed by atoms with E-state index in [2.05, 4.69) is 10.4 Å². The highest BCUT2D eigenvalue weighted by atomic mass is 19.4. The van der Waals surface area contributed by atoms with Crippen molar-refractivity contribution in [3.8, 4) is 0 Å². The lowest BCUT2D eigenvalue weighted by atomic mass is 9.96. The predicted molar refractivity (Wildman–Crippen MR) is 66.1 cm³/mol. The number of carbonyl (C=O) groups is 1. The van der Waals surface area contributed by atoms with Crippen LogP contribution < -0.4 is 10.6 Å². The van der Waals surface area contributed by atoms with Crippen molar-refractivity contribution in [2.24, 2.45) is 0 Å². The second kappa shape index (κ2) is 6.25. The van der Waals surface area contributed by atoms with E-state index < -0.39 is 18.6 Å². The molecule has 1 amide bonds. The van der Waals surface area contributed by atoms with Crippen LogP contribution in [0, 0.1) is 0 Å². The molecule has 2 rings (SSSR count). The molecule has 0 spiro atoms. The maximum absolute atomic E-state index is 12.0. The van der Waals surface area contributed by atoms with Crippen molar-refractivity contribution in [3.63, 3.8) is 0 Å². The zero-order chi connectivity index (χ0) is 14.6. The Balaban J connectivity index is 1.92. The molecule has 20 heavy (non-hydrogen) atoms. The molecule has 0 bridgehead atoms. The molecular formula is C12H17F3N4O. The van der Waals surface area contributed by atoms with Gasteiger partial charge >= 0.3 is 6.18 Å². The molecule has 0 aromatic carbocycles. The van der Waals surface area contributed by atoms with E-state index in [1.165, 1.54) is 4.68 Å². The minimum atomic E-state index is -4.39. The molecule has 5 nitrogen and oxygen atoms in total. The topological polar surface area (TPSA) is 59.0 Å². The third kappa shape index (κ3) is 4.22. The van der Waals surface area contributed by atoms with Gasteiger partial charge < -0.3 is 10.6 Å². The maximum atomic E-state index is 12.0. The SMILES string of the molecule is O=C(Cn1nccc1[C@@H]1CCCNC1)NCC(F)(F)F. The molecule has 1 fully saturated rings. The average Bonchev–Trinajstić information content (AvgIpc) is 2.85. The molecule has 112 valence electrons. The molecule has 8 heteroatoms. The smallest absolute Gasteiger partial charge is 0.345 e. The molecular weight excluding hydrogens is 273 g/mol.